The fourth-order valence-corrected chi connectivity index (χ4v) is 1.40. The number of hydrogen-bond donors (Lipinski definition) is 1. The number of carbonyl (C=O) groups excluding carboxylic acids is 1. The Morgan fingerprint density at radius 2 is 2.18 bits per heavy atom. The number of carbonyl (C=O) groups is 1. The van der Waals surface area contributed by atoms with Crippen molar-refractivity contribution in [1.82, 2.24) is 5.32 Å². The quantitative estimate of drug-likeness (QED) is 0.834. The first-order valence-electron chi connectivity index (χ1n) is 5.22. The van der Waals surface area contributed by atoms with Gasteiger partial charge in [-0.15, -0.1) is 13.2 Å². The monoisotopic (exact) mass is 249 g/mol. The van der Waals surface area contributed by atoms with Crippen molar-refractivity contribution in [1.29, 1.82) is 0 Å². The molecule has 1 N–H and O–H groups in total. The van der Waals surface area contributed by atoms with Crippen molar-refractivity contribution >= 4 is 5.91 Å². The molecule has 1 amide bonds. The Kier molecular flexibility index (Phi) is 4.20. The Morgan fingerprint density at radius 3 is 2.59 bits per heavy atom. The van der Waals surface area contributed by atoms with E-state index in [4.69, 9.17) is 0 Å². The lowest BCUT2D eigenvalue weighted by atomic mass is 9.99. The summed E-state index contributed by atoms with van der Waals surface area (Å²) in [4.78, 5) is 11.5. The maximum atomic E-state index is 11.9. The maximum absolute atomic E-state index is 11.9. The fraction of sp³-hybridized carbons (Fsp3) is 0.545. The summed E-state index contributed by atoms with van der Waals surface area (Å²) in [5.74, 6) is -0.900. The SMILES string of the molecule is CC(C)NC(=O)C1C=CC(OC(F)(F)F)=CC1. The highest BCUT2D eigenvalue weighted by atomic mass is 19.4. The van der Waals surface area contributed by atoms with E-state index in [1.165, 1.54) is 18.2 Å². The minimum atomic E-state index is -4.69. The molecule has 1 atom stereocenters. The fourth-order valence-electron chi connectivity index (χ4n) is 1.40. The average Bonchev–Trinajstić information content (AvgIpc) is 2.15. The second-order valence-corrected chi connectivity index (χ2v) is 4.02. The van der Waals surface area contributed by atoms with E-state index < -0.39 is 12.3 Å². The van der Waals surface area contributed by atoms with Gasteiger partial charge in [0.1, 0.15) is 5.76 Å². The second kappa shape index (κ2) is 5.25. The summed E-state index contributed by atoms with van der Waals surface area (Å²) in [6.07, 6.45) is -0.637. The molecular weight excluding hydrogens is 235 g/mol. The minimum Gasteiger partial charge on any atom is -0.406 e. The third-order valence-electron chi connectivity index (χ3n) is 2.07. The van der Waals surface area contributed by atoms with Crippen molar-refractivity contribution in [3.63, 3.8) is 0 Å². The molecule has 96 valence electrons. The molecule has 0 saturated heterocycles. The highest BCUT2D eigenvalue weighted by Gasteiger charge is 2.32. The number of amides is 1. The number of rotatable bonds is 3. The van der Waals surface area contributed by atoms with Crippen molar-refractivity contribution in [2.24, 2.45) is 5.92 Å². The summed E-state index contributed by atoms with van der Waals surface area (Å²) in [7, 11) is 0. The zero-order chi connectivity index (χ0) is 13.1. The van der Waals surface area contributed by atoms with Gasteiger partial charge in [0.2, 0.25) is 5.91 Å². The molecule has 1 rings (SSSR count). The van der Waals surface area contributed by atoms with E-state index in [0.717, 1.165) is 0 Å². The molecule has 0 radical (unpaired) electrons. The van der Waals surface area contributed by atoms with Crippen LogP contribution in [0.4, 0.5) is 13.2 Å². The van der Waals surface area contributed by atoms with Gasteiger partial charge in [0.05, 0.1) is 5.92 Å². The number of hydrogen-bond acceptors (Lipinski definition) is 2. The first-order valence-corrected chi connectivity index (χ1v) is 5.22. The van der Waals surface area contributed by atoms with E-state index in [2.05, 4.69) is 10.1 Å². The van der Waals surface area contributed by atoms with E-state index >= 15 is 0 Å². The molecule has 6 heteroatoms. The Hall–Kier alpha value is -1.46. The number of ether oxygens (including phenoxy) is 1. The van der Waals surface area contributed by atoms with Crippen LogP contribution in [0.1, 0.15) is 20.3 Å². The third kappa shape index (κ3) is 4.93. The van der Waals surface area contributed by atoms with Crippen molar-refractivity contribution in [3.05, 3.63) is 24.0 Å². The Bertz CT molecular complexity index is 345. The molecule has 0 fully saturated rings. The highest BCUT2D eigenvalue weighted by Crippen LogP contribution is 2.25. The summed E-state index contributed by atoms with van der Waals surface area (Å²) in [5, 5.41) is 2.69. The smallest absolute Gasteiger partial charge is 0.406 e. The van der Waals surface area contributed by atoms with Crippen LogP contribution in [0, 0.1) is 5.92 Å². The first kappa shape index (κ1) is 13.6. The van der Waals surface area contributed by atoms with E-state index in [1.54, 1.807) is 0 Å². The van der Waals surface area contributed by atoms with Crippen LogP contribution in [0.3, 0.4) is 0 Å². The summed E-state index contributed by atoms with van der Waals surface area (Å²) >= 11 is 0. The van der Waals surface area contributed by atoms with Gasteiger partial charge in [-0.05, 0) is 32.4 Å². The summed E-state index contributed by atoms with van der Waals surface area (Å²) in [6.45, 7) is 3.64. The molecule has 0 aromatic carbocycles. The molecule has 0 aromatic rings. The third-order valence-corrected chi connectivity index (χ3v) is 2.07. The average molecular weight is 249 g/mol. The minimum absolute atomic E-state index is 0.00713. The summed E-state index contributed by atoms with van der Waals surface area (Å²) in [5.41, 5.74) is 0. The van der Waals surface area contributed by atoms with Crippen molar-refractivity contribution in [2.75, 3.05) is 0 Å². The van der Waals surface area contributed by atoms with Gasteiger partial charge >= 0.3 is 6.36 Å². The van der Waals surface area contributed by atoms with E-state index in [1.807, 2.05) is 13.8 Å². The van der Waals surface area contributed by atoms with Crippen molar-refractivity contribution in [3.8, 4) is 0 Å². The van der Waals surface area contributed by atoms with Gasteiger partial charge in [-0.1, -0.05) is 6.08 Å². The molecular formula is C11H14F3NO2. The van der Waals surface area contributed by atoms with Gasteiger partial charge < -0.3 is 10.1 Å². The topological polar surface area (TPSA) is 38.3 Å². The predicted molar refractivity (Wildman–Crippen MR) is 55.7 cm³/mol. The van der Waals surface area contributed by atoms with Gasteiger partial charge in [0.15, 0.2) is 0 Å². The van der Waals surface area contributed by atoms with Crippen LogP contribution in [0.25, 0.3) is 0 Å². The van der Waals surface area contributed by atoms with E-state index in [9.17, 15) is 18.0 Å². The van der Waals surface area contributed by atoms with Crippen molar-refractivity contribution < 1.29 is 22.7 Å². The molecule has 0 aliphatic heterocycles. The Labute approximate surface area is 97.3 Å². The lowest BCUT2D eigenvalue weighted by Gasteiger charge is -2.18. The zero-order valence-electron chi connectivity index (χ0n) is 9.54. The maximum Gasteiger partial charge on any atom is 0.573 e. The highest BCUT2D eigenvalue weighted by molar-refractivity contribution is 5.81. The number of alkyl halides is 3. The molecule has 17 heavy (non-hydrogen) atoms. The molecule has 1 aliphatic rings. The van der Waals surface area contributed by atoms with Crippen LogP contribution in [0.15, 0.2) is 24.0 Å². The normalized spacial score (nSPS) is 20.1. The number of allylic oxidation sites excluding steroid dienone is 2. The number of nitrogens with one attached hydrogen (secondary N) is 1. The lowest BCUT2D eigenvalue weighted by Crippen LogP contribution is -2.35. The first-order chi connectivity index (χ1) is 7.78. The molecule has 0 bridgehead atoms. The molecule has 1 aliphatic carbocycles. The van der Waals surface area contributed by atoms with Gasteiger partial charge in [0.25, 0.3) is 0 Å². The van der Waals surface area contributed by atoms with Crippen LogP contribution in [-0.4, -0.2) is 18.3 Å². The van der Waals surface area contributed by atoms with Gasteiger partial charge in [0, 0.05) is 6.04 Å². The lowest BCUT2D eigenvalue weighted by molar-refractivity contribution is -0.303. The molecule has 0 saturated carbocycles. The van der Waals surface area contributed by atoms with Crippen LogP contribution < -0.4 is 5.32 Å². The van der Waals surface area contributed by atoms with Crippen molar-refractivity contribution in [2.45, 2.75) is 32.7 Å². The van der Waals surface area contributed by atoms with E-state index in [0.29, 0.717) is 0 Å². The molecule has 0 spiro atoms. The molecule has 0 aromatic heterocycles. The van der Waals surface area contributed by atoms with Crippen LogP contribution in [-0.2, 0) is 9.53 Å². The number of halogens is 3. The van der Waals surface area contributed by atoms with Crippen LogP contribution >= 0.6 is 0 Å². The van der Waals surface area contributed by atoms with Gasteiger partial charge in [-0.25, -0.2) is 0 Å². The van der Waals surface area contributed by atoms with Crippen LogP contribution in [0.5, 0.6) is 0 Å². The predicted octanol–water partition coefficient (Wildman–Crippen LogP) is 2.51. The molecule has 3 nitrogen and oxygen atoms in total. The van der Waals surface area contributed by atoms with Crippen LogP contribution in [0.2, 0.25) is 0 Å². The van der Waals surface area contributed by atoms with Gasteiger partial charge in [-0.3, -0.25) is 4.79 Å². The zero-order valence-corrected chi connectivity index (χ0v) is 9.54. The second-order valence-electron chi connectivity index (χ2n) is 4.02. The molecule has 0 heterocycles. The standard InChI is InChI=1S/C11H14F3NO2/c1-7(2)15-10(16)8-3-5-9(6-4-8)17-11(12,13)14/h3,5-8H,4H2,1-2H3,(H,15,16). The largest absolute Gasteiger partial charge is 0.573 e. The Balaban J connectivity index is 2.51. The Morgan fingerprint density at radius 1 is 1.53 bits per heavy atom. The summed E-state index contributed by atoms with van der Waals surface area (Å²) < 4.78 is 39.4. The van der Waals surface area contributed by atoms with E-state index in [-0.39, 0.29) is 24.1 Å². The van der Waals surface area contributed by atoms with Gasteiger partial charge in [-0.2, -0.15) is 0 Å². The molecule has 1 unspecified atom stereocenters. The summed E-state index contributed by atoms with van der Waals surface area (Å²) in [6, 6.07) is 0.00713.